The molecule has 3 rings (SSSR count). The van der Waals surface area contributed by atoms with Crippen molar-refractivity contribution in [2.75, 3.05) is 26.2 Å². The maximum absolute atomic E-state index is 12.7. The quantitative estimate of drug-likeness (QED) is 0.855. The number of hydrogen-bond acceptors (Lipinski definition) is 3. The van der Waals surface area contributed by atoms with Gasteiger partial charge in [0.15, 0.2) is 6.10 Å². The number of nitrogens with one attached hydrogen (secondary N) is 1. The second-order valence-electron chi connectivity index (χ2n) is 5.28. The zero-order valence-corrected chi connectivity index (χ0v) is 12.5. The van der Waals surface area contributed by atoms with Crippen LogP contribution in [0.4, 0.5) is 0 Å². The Morgan fingerprint density at radius 3 is 3.00 bits per heavy atom. The van der Waals surface area contributed by atoms with Crippen LogP contribution in [-0.4, -0.2) is 43.1 Å². The summed E-state index contributed by atoms with van der Waals surface area (Å²) in [4.78, 5) is 14.6. The van der Waals surface area contributed by atoms with Gasteiger partial charge in [0, 0.05) is 25.7 Å². The molecule has 4 nitrogen and oxygen atoms in total. The maximum atomic E-state index is 12.7. The number of ether oxygens (including phenoxy) is 1. The SMILES string of the molecule is CC1CNCCN1C(=O)C1OCCc2ccccc21.Cl. The van der Waals surface area contributed by atoms with Gasteiger partial charge in [-0.2, -0.15) is 0 Å². The molecule has 0 aromatic heterocycles. The lowest BCUT2D eigenvalue weighted by molar-refractivity contribution is -0.148. The van der Waals surface area contributed by atoms with Crippen molar-refractivity contribution in [2.45, 2.75) is 25.5 Å². The standard InChI is InChI=1S/C15H20N2O2.ClH/c1-11-10-16-7-8-17(11)15(18)14-13-5-3-2-4-12(13)6-9-19-14;/h2-5,11,14,16H,6-10H2,1H3;1H. The van der Waals surface area contributed by atoms with Crippen molar-refractivity contribution in [3.8, 4) is 0 Å². The number of hydrogen-bond donors (Lipinski definition) is 1. The molecule has 0 saturated carbocycles. The van der Waals surface area contributed by atoms with Gasteiger partial charge in [-0.15, -0.1) is 12.4 Å². The Hall–Kier alpha value is -1.10. The molecule has 1 N–H and O–H groups in total. The van der Waals surface area contributed by atoms with Crippen molar-refractivity contribution in [1.29, 1.82) is 0 Å². The molecule has 1 aromatic carbocycles. The fourth-order valence-corrected chi connectivity index (χ4v) is 2.92. The maximum Gasteiger partial charge on any atom is 0.256 e. The Morgan fingerprint density at radius 2 is 2.20 bits per heavy atom. The van der Waals surface area contributed by atoms with Crippen LogP contribution in [0, 0.1) is 0 Å². The van der Waals surface area contributed by atoms with Gasteiger partial charge in [0.1, 0.15) is 0 Å². The summed E-state index contributed by atoms with van der Waals surface area (Å²) in [6, 6.07) is 8.36. The first-order valence-electron chi connectivity index (χ1n) is 6.98. The Morgan fingerprint density at radius 1 is 1.40 bits per heavy atom. The van der Waals surface area contributed by atoms with Crippen LogP contribution in [-0.2, 0) is 16.0 Å². The van der Waals surface area contributed by atoms with Gasteiger partial charge in [-0.05, 0) is 24.5 Å². The third kappa shape index (κ3) is 2.82. The summed E-state index contributed by atoms with van der Waals surface area (Å²) in [5, 5.41) is 3.31. The van der Waals surface area contributed by atoms with E-state index in [9.17, 15) is 4.79 Å². The molecule has 2 atom stereocenters. The summed E-state index contributed by atoms with van der Waals surface area (Å²) in [6.07, 6.45) is 0.488. The first kappa shape index (κ1) is 15.3. The molecule has 1 amide bonds. The molecule has 20 heavy (non-hydrogen) atoms. The molecule has 2 unspecified atom stereocenters. The summed E-state index contributed by atoms with van der Waals surface area (Å²) in [5.74, 6) is 0.112. The molecule has 1 aromatic rings. The Labute approximate surface area is 125 Å². The van der Waals surface area contributed by atoms with Crippen LogP contribution >= 0.6 is 12.4 Å². The number of nitrogens with zero attached hydrogens (tertiary/aromatic N) is 1. The molecule has 2 aliphatic heterocycles. The zero-order chi connectivity index (χ0) is 13.2. The van der Waals surface area contributed by atoms with E-state index in [2.05, 4.69) is 18.3 Å². The van der Waals surface area contributed by atoms with Crippen LogP contribution in [0.25, 0.3) is 0 Å². The first-order valence-corrected chi connectivity index (χ1v) is 6.98. The zero-order valence-electron chi connectivity index (χ0n) is 11.7. The van der Waals surface area contributed by atoms with Crippen LogP contribution in [0.5, 0.6) is 0 Å². The van der Waals surface area contributed by atoms with Gasteiger partial charge in [0.2, 0.25) is 0 Å². The van der Waals surface area contributed by atoms with E-state index in [4.69, 9.17) is 4.74 Å². The Bertz CT molecular complexity index is 481. The van der Waals surface area contributed by atoms with E-state index in [1.165, 1.54) is 5.56 Å². The Kier molecular flexibility index (Phi) is 5.02. The van der Waals surface area contributed by atoms with Crippen molar-refractivity contribution >= 4 is 18.3 Å². The number of piperazine rings is 1. The molecule has 2 heterocycles. The van der Waals surface area contributed by atoms with E-state index in [0.29, 0.717) is 6.61 Å². The molecule has 0 spiro atoms. The minimum atomic E-state index is -0.412. The summed E-state index contributed by atoms with van der Waals surface area (Å²) in [7, 11) is 0. The molecule has 0 bridgehead atoms. The lowest BCUT2D eigenvalue weighted by Gasteiger charge is -2.37. The largest absolute Gasteiger partial charge is 0.363 e. The van der Waals surface area contributed by atoms with Crippen molar-refractivity contribution in [3.05, 3.63) is 35.4 Å². The van der Waals surface area contributed by atoms with Gasteiger partial charge < -0.3 is 15.0 Å². The molecule has 5 heteroatoms. The summed E-state index contributed by atoms with van der Waals surface area (Å²) in [5.41, 5.74) is 2.29. The number of rotatable bonds is 1. The predicted molar refractivity (Wildman–Crippen MR) is 80.1 cm³/mol. The highest BCUT2D eigenvalue weighted by Gasteiger charge is 2.33. The van der Waals surface area contributed by atoms with E-state index in [0.717, 1.165) is 31.6 Å². The first-order chi connectivity index (χ1) is 9.27. The smallest absolute Gasteiger partial charge is 0.256 e. The number of carbonyl (C=O) groups is 1. The average molecular weight is 297 g/mol. The minimum absolute atomic E-state index is 0. The molecule has 0 radical (unpaired) electrons. The highest BCUT2D eigenvalue weighted by Crippen LogP contribution is 2.29. The fraction of sp³-hybridized carbons (Fsp3) is 0.533. The van der Waals surface area contributed by atoms with Crippen LogP contribution in [0.2, 0.25) is 0 Å². The monoisotopic (exact) mass is 296 g/mol. The topological polar surface area (TPSA) is 41.6 Å². The highest BCUT2D eigenvalue weighted by molar-refractivity contribution is 5.85. The van der Waals surface area contributed by atoms with Gasteiger partial charge in [-0.25, -0.2) is 0 Å². The molecular weight excluding hydrogens is 276 g/mol. The Balaban J connectivity index is 0.00000147. The van der Waals surface area contributed by atoms with E-state index in [-0.39, 0.29) is 24.4 Å². The van der Waals surface area contributed by atoms with Crippen molar-refractivity contribution in [1.82, 2.24) is 10.2 Å². The summed E-state index contributed by atoms with van der Waals surface area (Å²) < 4.78 is 5.76. The normalized spacial score (nSPS) is 25.6. The van der Waals surface area contributed by atoms with Crippen LogP contribution in [0.3, 0.4) is 0 Å². The average Bonchev–Trinajstić information content (AvgIpc) is 2.46. The summed E-state index contributed by atoms with van der Waals surface area (Å²) >= 11 is 0. The number of halogens is 1. The number of carbonyl (C=O) groups excluding carboxylic acids is 1. The predicted octanol–water partition coefficient (Wildman–Crippen LogP) is 1.54. The minimum Gasteiger partial charge on any atom is -0.363 e. The highest BCUT2D eigenvalue weighted by atomic mass is 35.5. The van der Waals surface area contributed by atoms with Crippen molar-refractivity contribution < 1.29 is 9.53 Å². The second-order valence-corrected chi connectivity index (χ2v) is 5.28. The number of benzene rings is 1. The molecule has 1 saturated heterocycles. The van der Waals surface area contributed by atoms with Crippen molar-refractivity contribution in [3.63, 3.8) is 0 Å². The third-order valence-corrected chi connectivity index (χ3v) is 4.00. The van der Waals surface area contributed by atoms with Gasteiger partial charge >= 0.3 is 0 Å². The molecular formula is C15H21ClN2O2. The molecule has 0 aliphatic carbocycles. The summed E-state index contributed by atoms with van der Waals surface area (Å²) in [6.45, 7) is 5.21. The fourth-order valence-electron chi connectivity index (χ4n) is 2.92. The van der Waals surface area contributed by atoms with Gasteiger partial charge in [0.25, 0.3) is 5.91 Å². The van der Waals surface area contributed by atoms with Crippen LogP contribution < -0.4 is 5.32 Å². The van der Waals surface area contributed by atoms with Crippen LogP contribution in [0.15, 0.2) is 24.3 Å². The van der Waals surface area contributed by atoms with E-state index in [1.54, 1.807) is 0 Å². The molecule has 110 valence electrons. The van der Waals surface area contributed by atoms with Crippen LogP contribution in [0.1, 0.15) is 24.2 Å². The van der Waals surface area contributed by atoms with E-state index in [1.807, 2.05) is 23.1 Å². The molecule has 1 fully saturated rings. The molecule has 2 aliphatic rings. The van der Waals surface area contributed by atoms with E-state index < -0.39 is 6.10 Å². The number of fused-ring (bicyclic) bond motifs is 1. The van der Waals surface area contributed by atoms with Gasteiger partial charge in [-0.1, -0.05) is 24.3 Å². The van der Waals surface area contributed by atoms with Gasteiger partial charge in [-0.3, -0.25) is 4.79 Å². The second kappa shape index (κ2) is 6.57. The lowest BCUT2D eigenvalue weighted by atomic mass is 9.96. The van der Waals surface area contributed by atoms with E-state index >= 15 is 0 Å². The van der Waals surface area contributed by atoms with Gasteiger partial charge in [0.05, 0.1) is 6.61 Å². The number of amides is 1. The lowest BCUT2D eigenvalue weighted by Crippen LogP contribution is -2.54. The third-order valence-electron chi connectivity index (χ3n) is 4.00. The van der Waals surface area contributed by atoms with Crippen molar-refractivity contribution in [2.24, 2.45) is 0 Å².